The highest BCUT2D eigenvalue weighted by Crippen LogP contribution is 2.24. The maximum Gasteiger partial charge on any atom is 0.217 e. The Kier molecular flexibility index (Phi) is 3.62. The average molecular weight is 267 g/mol. The summed E-state index contributed by atoms with van der Waals surface area (Å²) in [5.41, 5.74) is 0. The number of amides is 1. The van der Waals surface area contributed by atoms with Crippen molar-refractivity contribution in [3.63, 3.8) is 0 Å². The number of halogens is 1. The molecule has 1 N–H and O–H groups in total. The highest BCUT2D eigenvalue weighted by molar-refractivity contribution is 14.1. The van der Waals surface area contributed by atoms with Gasteiger partial charge in [-0.15, -0.1) is 0 Å². The summed E-state index contributed by atoms with van der Waals surface area (Å²) >= 11 is 2.47. The zero-order valence-corrected chi connectivity index (χ0v) is 8.93. The van der Waals surface area contributed by atoms with Crippen molar-refractivity contribution in [2.75, 3.05) is 0 Å². The molecule has 0 aromatic heterocycles. The van der Waals surface area contributed by atoms with Crippen LogP contribution in [0.4, 0.5) is 0 Å². The first kappa shape index (κ1) is 9.29. The Morgan fingerprint density at radius 1 is 1.55 bits per heavy atom. The van der Waals surface area contributed by atoms with E-state index in [0.717, 1.165) is 10.3 Å². The van der Waals surface area contributed by atoms with Crippen LogP contribution >= 0.6 is 22.6 Å². The summed E-state index contributed by atoms with van der Waals surface area (Å²) in [6.07, 6.45) is 4.90. The van der Waals surface area contributed by atoms with Crippen molar-refractivity contribution < 1.29 is 4.79 Å². The van der Waals surface area contributed by atoms with E-state index >= 15 is 0 Å². The number of nitrogens with one attached hydrogen (secondary N) is 1. The number of alkyl halides is 1. The van der Waals surface area contributed by atoms with E-state index in [1.165, 1.54) is 19.3 Å². The van der Waals surface area contributed by atoms with Gasteiger partial charge in [0.25, 0.3) is 0 Å². The molecule has 2 nitrogen and oxygen atoms in total. The van der Waals surface area contributed by atoms with E-state index < -0.39 is 0 Å². The normalized spacial score (nSPS) is 31.5. The molecule has 1 saturated carbocycles. The molecule has 0 unspecified atom stereocenters. The molecule has 0 aromatic rings. The summed E-state index contributed by atoms with van der Waals surface area (Å²) in [7, 11) is 0. The lowest BCUT2D eigenvalue weighted by atomic mass is 9.95. The van der Waals surface area contributed by atoms with Gasteiger partial charge < -0.3 is 5.32 Å². The maximum atomic E-state index is 10.7. The Balaban J connectivity index is 2.28. The molecule has 11 heavy (non-hydrogen) atoms. The van der Waals surface area contributed by atoms with Gasteiger partial charge in [-0.3, -0.25) is 4.79 Å². The van der Waals surface area contributed by atoms with Gasteiger partial charge >= 0.3 is 0 Å². The fraction of sp³-hybridized carbons (Fsp3) is 0.875. The molecule has 1 aliphatic rings. The first-order valence-electron chi connectivity index (χ1n) is 4.09. The van der Waals surface area contributed by atoms with Crippen LogP contribution in [0.15, 0.2) is 0 Å². The predicted octanol–water partition coefficient (Wildman–Crippen LogP) is 1.87. The molecule has 0 spiro atoms. The quantitative estimate of drug-likeness (QED) is 0.570. The summed E-state index contributed by atoms with van der Waals surface area (Å²) < 4.78 is 0.762. The van der Waals surface area contributed by atoms with Gasteiger partial charge in [-0.05, 0) is 19.3 Å². The maximum absolute atomic E-state index is 10.7. The van der Waals surface area contributed by atoms with E-state index in [2.05, 4.69) is 27.9 Å². The van der Waals surface area contributed by atoms with Gasteiger partial charge in [0, 0.05) is 16.9 Å². The van der Waals surface area contributed by atoms with E-state index in [9.17, 15) is 4.79 Å². The second kappa shape index (κ2) is 4.28. The third-order valence-electron chi connectivity index (χ3n) is 2.02. The van der Waals surface area contributed by atoms with Gasteiger partial charge in [0.2, 0.25) is 5.91 Å². The lowest BCUT2D eigenvalue weighted by Crippen LogP contribution is -2.37. The van der Waals surface area contributed by atoms with E-state index in [1.54, 1.807) is 6.92 Å². The molecule has 1 rings (SSSR count). The molecule has 0 bridgehead atoms. The van der Waals surface area contributed by atoms with Crippen LogP contribution in [0.1, 0.15) is 32.6 Å². The van der Waals surface area contributed by atoms with E-state index in [1.807, 2.05) is 0 Å². The van der Waals surface area contributed by atoms with Crippen LogP contribution in [0.25, 0.3) is 0 Å². The van der Waals surface area contributed by atoms with Crippen LogP contribution in [-0.2, 0) is 4.79 Å². The van der Waals surface area contributed by atoms with Gasteiger partial charge in [0.15, 0.2) is 0 Å². The van der Waals surface area contributed by atoms with Gasteiger partial charge in [0.05, 0.1) is 0 Å². The van der Waals surface area contributed by atoms with Crippen molar-refractivity contribution in [1.29, 1.82) is 0 Å². The molecule has 1 amide bonds. The van der Waals surface area contributed by atoms with Gasteiger partial charge in [0.1, 0.15) is 0 Å². The highest BCUT2D eigenvalue weighted by atomic mass is 127. The van der Waals surface area contributed by atoms with Crippen molar-refractivity contribution >= 4 is 28.5 Å². The number of carbonyl (C=O) groups excluding carboxylic acids is 1. The molecule has 0 aromatic carbocycles. The lowest BCUT2D eigenvalue weighted by molar-refractivity contribution is -0.119. The summed E-state index contributed by atoms with van der Waals surface area (Å²) in [5.74, 6) is 0.112. The molecule has 3 heteroatoms. The topological polar surface area (TPSA) is 29.1 Å². The molecule has 1 fully saturated rings. The first-order valence-corrected chi connectivity index (χ1v) is 5.34. The van der Waals surface area contributed by atoms with E-state index in [4.69, 9.17) is 0 Å². The number of carbonyl (C=O) groups is 1. The Morgan fingerprint density at radius 2 is 2.27 bits per heavy atom. The number of hydrogen-bond donors (Lipinski definition) is 1. The number of hydrogen-bond acceptors (Lipinski definition) is 1. The summed E-state index contributed by atoms with van der Waals surface area (Å²) in [6, 6.07) is 0.447. The standard InChI is InChI=1S/C8H14INO/c1-6(11)10-8-4-2-3-7(9)5-8/h7-8H,2-5H2,1H3,(H,10,11)/t7-,8+/m0/s1. The Labute approximate surface area is 81.3 Å². The third-order valence-corrected chi connectivity index (χ3v) is 3.15. The molecular formula is C8H14INO. The fourth-order valence-corrected chi connectivity index (χ4v) is 2.60. The second-order valence-corrected chi connectivity index (χ2v) is 4.92. The van der Waals surface area contributed by atoms with E-state index in [-0.39, 0.29) is 5.91 Å². The van der Waals surface area contributed by atoms with Crippen LogP contribution in [0.5, 0.6) is 0 Å². The minimum atomic E-state index is 0.112. The van der Waals surface area contributed by atoms with Gasteiger partial charge in [-0.25, -0.2) is 0 Å². The van der Waals surface area contributed by atoms with Crippen LogP contribution in [0, 0.1) is 0 Å². The molecule has 0 aliphatic heterocycles. The van der Waals surface area contributed by atoms with Crippen molar-refractivity contribution in [1.82, 2.24) is 5.32 Å². The first-order chi connectivity index (χ1) is 5.18. The van der Waals surface area contributed by atoms with Crippen LogP contribution in [-0.4, -0.2) is 15.9 Å². The molecule has 64 valence electrons. The second-order valence-electron chi connectivity index (χ2n) is 3.16. The molecule has 0 heterocycles. The Bertz CT molecular complexity index is 149. The SMILES string of the molecule is CC(=O)N[C@@H]1CCC[C@H](I)C1. The largest absolute Gasteiger partial charge is 0.354 e. The monoisotopic (exact) mass is 267 g/mol. The third kappa shape index (κ3) is 3.40. The van der Waals surface area contributed by atoms with Crippen LogP contribution in [0.2, 0.25) is 0 Å². The summed E-state index contributed by atoms with van der Waals surface area (Å²) in [5, 5.41) is 2.97. The molecule has 0 saturated heterocycles. The highest BCUT2D eigenvalue weighted by Gasteiger charge is 2.19. The molecular weight excluding hydrogens is 253 g/mol. The lowest BCUT2D eigenvalue weighted by Gasteiger charge is -2.25. The smallest absolute Gasteiger partial charge is 0.217 e. The van der Waals surface area contributed by atoms with Crippen molar-refractivity contribution in [3.05, 3.63) is 0 Å². The fourth-order valence-electron chi connectivity index (χ4n) is 1.55. The van der Waals surface area contributed by atoms with Crippen molar-refractivity contribution in [2.45, 2.75) is 42.6 Å². The molecule has 0 radical (unpaired) electrons. The number of rotatable bonds is 1. The zero-order valence-electron chi connectivity index (χ0n) is 6.77. The minimum absolute atomic E-state index is 0.112. The molecule has 1 aliphatic carbocycles. The van der Waals surface area contributed by atoms with Gasteiger partial charge in [-0.1, -0.05) is 29.0 Å². The Morgan fingerprint density at radius 3 is 2.82 bits per heavy atom. The van der Waals surface area contributed by atoms with Crippen LogP contribution < -0.4 is 5.32 Å². The summed E-state index contributed by atoms with van der Waals surface area (Å²) in [4.78, 5) is 10.7. The summed E-state index contributed by atoms with van der Waals surface area (Å²) in [6.45, 7) is 1.59. The van der Waals surface area contributed by atoms with Crippen molar-refractivity contribution in [3.8, 4) is 0 Å². The minimum Gasteiger partial charge on any atom is -0.354 e. The van der Waals surface area contributed by atoms with E-state index in [0.29, 0.717) is 6.04 Å². The van der Waals surface area contributed by atoms with Crippen LogP contribution in [0.3, 0.4) is 0 Å². The van der Waals surface area contributed by atoms with Gasteiger partial charge in [-0.2, -0.15) is 0 Å². The predicted molar refractivity (Wildman–Crippen MR) is 53.9 cm³/mol. The van der Waals surface area contributed by atoms with Crippen molar-refractivity contribution in [2.24, 2.45) is 0 Å². The zero-order chi connectivity index (χ0) is 8.27. The molecule has 2 atom stereocenters. The Hall–Kier alpha value is 0.200. The average Bonchev–Trinajstić information content (AvgIpc) is 1.85.